The van der Waals surface area contributed by atoms with E-state index >= 15 is 0 Å². The highest BCUT2D eigenvalue weighted by molar-refractivity contribution is 7.86. The van der Waals surface area contributed by atoms with Crippen molar-refractivity contribution < 1.29 is 79.9 Å². The Balaban J connectivity index is 1.02. The van der Waals surface area contributed by atoms with Crippen molar-refractivity contribution in [3.8, 4) is 0 Å². The van der Waals surface area contributed by atoms with Gasteiger partial charge in [0.25, 0.3) is 15.7 Å². The molecule has 56 heavy (non-hydrogen) atoms. The van der Waals surface area contributed by atoms with Gasteiger partial charge in [0.2, 0.25) is 5.95 Å². The number of aryl methyl sites for hydroxylation is 1. The van der Waals surface area contributed by atoms with E-state index in [1.165, 1.54) is 18.3 Å². The number of benzene rings is 1. The maximum Gasteiger partial charge on any atom is 0.483 e. The Morgan fingerprint density at radius 3 is 2.38 bits per heavy atom. The van der Waals surface area contributed by atoms with Crippen LogP contribution in [0.25, 0.3) is 11.2 Å². The van der Waals surface area contributed by atoms with E-state index in [1.807, 2.05) is 0 Å². The van der Waals surface area contributed by atoms with Crippen LogP contribution in [0.3, 0.4) is 0 Å². The first-order valence-electron chi connectivity index (χ1n) is 16.2. The Morgan fingerprint density at radius 1 is 0.964 bits per heavy atom. The van der Waals surface area contributed by atoms with E-state index in [1.54, 1.807) is 19.1 Å². The Labute approximate surface area is 314 Å². The molecule has 2 fully saturated rings. The molecule has 2 saturated heterocycles. The molecular weight excluding hydrogens is 818 g/mol. The molecule has 0 radical (unpaired) electrons. The summed E-state index contributed by atoms with van der Waals surface area (Å²) in [4.78, 5) is 42.5. The molecule has 0 saturated carbocycles. The van der Waals surface area contributed by atoms with Crippen molar-refractivity contribution in [3.63, 3.8) is 0 Å². The Kier molecular flexibility index (Phi) is 12.3. The van der Waals surface area contributed by atoms with Crippen LogP contribution >= 0.6 is 15.6 Å². The molecule has 0 amide bonds. The minimum absolute atomic E-state index is 0.0232. The molecule has 6 rings (SSSR count). The van der Waals surface area contributed by atoms with E-state index in [4.69, 9.17) is 28.4 Å². The number of phosphoric acid groups is 2. The summed E-state index contributed by atoms with van der Waals surface area (Å²) >= 11 is 0. The summed E-state index contributed by atoms with van der Waals surface area (Å²) in [7, 11) is -15.4. The van der Waals surface area contributed by atoms with Gasteiger partial charge in [0.1, 0.15) is 42.7 Å². The molecule has 0 spiro atoms. The third kappa shape index (κ3) is 9.40. The number of nitrogen functional groups attached to an aromatic ring is 1. The number of ether oxygens (including phenoxy) is 2. The average Bonchev–Trinajstić information content (AvgIpc) is 3.82. The molecule has 0 bridgehead atoms. The van der Waals surface area contributed by atoms with Crippen LogP contribution in [-0.4, -0.2) is 140 Å². The van der Waals surface area contributed by atoms with E-state index < -0.39 is 99.7 Å². The fourth-order valence-corrected chi connectivity index (χ4v) is 8.67. The Bertz CT molecular complexity index is 2290. The maximum atomic E-state index is 12.8. The predicted molar refractivity (Wildman–Crippen MR) is 181 cm³/mol. The molecule has 26 nitrogen and oxygen atoms in total. The lowest BCUT2D eigenvalue weighted by Gasteiger charge is -2.40. The van der Waals surface area contributed by atoms with Crippen LogP contribution in [0, 0.1) is 6.92 Å². The zero-order valence-electron chi connectivity index (χ0n) is 28.7. The van der Waals surface area contributed by atoms with E-state index in [9.17, 15) is 57.7 Å². The molecule has 3 aromatic heterocycles. The molecule has 1 aromatic carbocycles. The number of aliphatic hydroxyl groups is 5. The first-order chi connectivity index (χ1) is 26.2. The highest BCUT2D eigenvalue weighted by Crippen LogP contribution is 2.61. The normalized spacial score (nSPS) is 29.3. The highest BCUT2D eigenvalue weighted by Gasteiger charge is 2.50. The summed E-state index contributed by atoms with van der Waals surface area (Å²) in [5, 5.41) is 60.1. The number of phosphoric ester groups is 2. The fraction of sp³-hybridized carbons (Fsp3) is 0.519. The summed E-state index contributed by atoms with van der Waals surface area (Å²) < 4.78 is 82.1. The van der Waals surface area contributed by atoms with Gasteiger partial charge in [-0.3, -0.25) is 27.6 Å². The van der Waals surface area contributed by atoms with Gasteiger partial charge >= 0.3 is 15.6 Å². The number of hydrogen-bond donors (Lipinski definition) is 9. The molecule has 2 aliphatic rings. The standard InChI is InChI=1S/C27H36N8O18P2S/c1-12-2-4-14(5-3-12)56(46,47)49-7-6-13-8-34(33-32-13)9-15-18(36)20(38)22(40)26(51-15)52-55(44,45)53-54(42,43)48-10-16-19(37)21(39)25(50-16)35-11-29-17-23(35)30-27(28)31-24(17)41/h2-5,8,11,15-16,18-22,25-26,36-40H,6-7,9-10H2,1H3,(H,42,43)(H,44,45)(H3,28,30,31,41)/t15-,16+,18+,19+,20+,21+,22-,25+,26+/m0/s1. The van der Waals surface area contributed by atoms with Crippen molar-refractivity contribution in [1.29, 1.82) is 0 Å². The highest BCUT2D eigenvalue weighted by atomic mass is 32.2. The Morgan fingerprint density at radius 2 is 1.66 bits per heavy atom. The monoisotopic (exact) mass is 854 g/mol. The maximum absolute atomic E-state index is 12.8. The summed E-state index contributed by atoms with van der Waals surface area (Å²) in [6.45, 7) is 0.0409. The topological polar surface area (TPSA) is 386 Å². The van der Waals surface area contributed by atoms with Crippen LogP contribution in [0.2, 0.25) is 0 Å². The lowest BCUT2D eigenvalue weighted by Crippen LogP contribution is -2.58. The minimum atomic E-state index is -5.73. The van der Waals surface area contributed by atoms with Crippen molar-refractivity contribution in [2.45, 2.75) is 80.0 Å². The summed E-state index contributed by atoms with van der Waals surface area (Å²) in [6, 6.07) is 6.01. The van der Waals surface area contributed by atoms with Crippen molar-refractivity contribution in [2.24, 2.45) is 0 Å². The molecular formula is C27H36N8O18P2S. The van der Waals surface area contributed by atoms with E-state index in [2.05, 4.69) is 29.6 Å². The van der Waals surface area contributed by atoms with Gasteiger partial charge in [0.15, 0.2) is 23.7 Å². The van der Waals surface area contributed by atoms with Crippen LogP contribution in [0.1, 0.15) is 17.5 Å². The lowest BCUT2D eigenvalue weighted by atomic mass is 9.99. The number of hydrogen-bond acceptors (Lipinski definition) is 21. The first kappa shape index (κ1) is 42.0. The van der Waals surface area contributed by atoms with Crippen molar-refractivity contribution >= 4 is 42.9 Å². The second-order valence-electron chi connectivity index (χ2n) is 12.5. The third-order valence-electron chi connectivity index (χ3n) is 8.44. The van der Waals surface area contributed by atoms with Crippen LogP contribution in [0.15, 0.2) is 46.5 Å². The number of anilines is 1. The van der Waals surface area contributed by atoms with Gasteiger partial charge in [-0.25, -0.2) is 18.8 Å². The molecule has 0 aliphatic carbocycles. The number of rotatable bonds is 15. The number of nitrogens with two attached hydrogens (primary N) is 1. The number of aromatic amines is 1. The third-order valence-corrected chi connectivity index (χ3v) is 12.4. The quantitative estimate of drug-likeness (QED) is 0.0423. The zero-order valence-corrected chi connectivity index (χ0v) is 31.3. The SMILES string of the molecule is Cc1ccc(S(=O)(=O)OCCc2cn(C[C@@H]3O[C@H](OP(=O)(O)OP(=O)(O)OC[C@H]4O[C@@H](n5cnc6c(=O)[nH]c(N)nc65)[C@H](O)[C@@H]4O)[C@@H](O)[C@H](O)[C@@H]3O)nn2)cc1. The van der Waals surface area contributed by atoms with Gasteiger partial charge in [-0.15, -0.1) is 5.10 Å². The van der Waals surface area contributed by atoms with Gasteiger partial charge in [-0.05, 0) is 19.1 Å². The van der Waals surface area contributed by atoms with Gasteiger partial charge in [0, 0.05) is 12.6 Å². The average molecular weight is 855 g/mol. The van der Waals surface area contributed by atoms with Crippen LogP contribution in [-0.2, 0) is 59.2 Å². The molecule has 5 heterocycles. The van der Waals surface area contributed by atoms with E-state index in [0.717, 1.165) is 21.1 Å². The lowest BCUT2D eigenvalue weighted by molar-refractivity contribution is -0.278. The van der Waals surface area contributed by atoms with Crippen molar-refractivity contribution in [3.05, 3.63) is 58.4 Å². The van der Waals surface area contributed by atoms with Gasteiger partial charge in [-0.2, -0.15) is 17.7 Å². The largest absolute Gasteiger partial charge is 0.483 e. The van der Waals surface area contributed by atoms with Crippen molar-refractivity contribution in [1.82, 2.24) is 34.5 Å². The Hall–Kier alpha value is -3.60. The molecule has 29 heteroatoms. The number of H-pyrrole nitrogens is 1. The van der Waals surface area contributed by atoms with Crippen molar-refractivity contribution in [2.75, 3.05) is 18.9 Å². The van der Waals surface area contributed by atoms with Gasteiger partial charge < -0.3 is 50.5 Å². The number of nitrogens with one attached hydrogen (secondary N) is 1. The molecule has 11 atom stereocenters. The summed E-state index contributed by atoms with van der Waals surface area (Å²) in [6.07, 6.45) is -14.1. The molecule has 308 valence electrons. The zero-order chi connectivity index (χ0) is 40.7. The van der Waals surface area contributed by atoms with Crippen LogP contribution in [0.4, 0.5) is 5.95 Å². The summed E-state index contributed by atoms with van der Waals surface area (Å²) in [5.74, 6) is -0.294. The smallest absolute Gasteiger partial charge is 0.388 e. The van der Waals surface area contributed by atoms with Gasteiger partial charge in [0.05, 0.1) is 36.7 Å². The second-order valence-corrected chi connectivity index (χ2v) is 17.1. The predicted octanol–water partition coefficient (Wildman–Crippen LogP) is -3.07. The first-order valence-corrected chi connectivity index (χ1v) is 20.6. The summed E-state index contributed by atoms with van der Waals surface area (Å²) in [5.41, 5.74) is 5.64. The fourth-order valence-electron chi connectivity index (χ4n) is 5.61. The molecule has 2 unspecified atom stereocenters. The van der Waals surface area contributed by atoms with Gasteiger partial charge in [-0.1, -0.05) is 22.9 Å². The number of aliphatic hydroxyl groups excluding tert-OH is 5. The van der Waals surface area contributed by atoms with E-state index in [0.29, 0.717) is 0 Å². The minimum Gasteiger partial charge on any atom is -0.388 e. The number of nitrogens with zero attached hydrogens (tertiary/aromatic N) is 6. The number of imidazole rings is 1. The molecule has 4 aromatic rings. The number of fused-ring (bicyclic) bond motifs is 1. The molecule has 2 aliphatic heterocycles. The molecule has 10 N–H and O–H groups in total. The van der Waals surface area contributed by atoms with Crippen LogP contribution < -0.4 is 11.3 Å². The number of aromatic nitrogens is 7. The van der Waals surface area contributed by atoms with E-state index in [-0.39, 0.29) is 40.7 Å². The second kappa shape index (κ2) is 16.3. The van der Waals surface area contributed by atoms with Crippen LogP contribution in [0.5, 0.6) is 0 Å².